The van der Waals surface area contributed by atoms with Crippen LogP contribution in [0.1, 0.15) is 22.8 Å². The van der Waals surface area contributed by atoms with Gasteiger partial charge in [0.15, 0.2) is 0 Å². The molecule has 0 spiro atoms. The summed E-state index contributed by atoms with van der Waals surface area (Å²) in [5, 5.41) is 2.50. The van der Waals surface area contributed by atoms with E-state index in [-0.39, 0.29) is 0 Å². The van der Waals surface area contributed by atoms with E-state index >= 15 is 0 Å². The van der Waals surface area contributed by atoms with Gasteiger partial charge in [-0.2, -0.15) is 9.13 Å². The van der Waals surface area contributed by atoms with Gasteiger partial charge in [0, 0.05) is 65.6 Å². The minimum absolute atomic E-state index is 1.17. The Morgan fingerprint density at radius 1 is 0.531 bits per heavy atom. The third-order valence-electron chi connectivity index (χ3n) is 6.29. The Labute approximate surface area is 188 Å². The zero-order chi connectivity index (χ0) is 22.1. The molecule has 0 bridgehead atoms. The van der Waals surface area contributed by atoms with Crippen LogP contribution in [0.15, 0.2) is 84.9 Å². The van der Waals surface area contributed by atoms with Crippen molar-refractivity contribution in [3.8, 4) is 0 Å². The highest BCUT2D eigenvalue weighted by Crippen LogP contribution is 2.16. The van der Waals surface area contributed by atoms with E-state index in [1.54, 1.807) is 0 Å². The van der Waals surface area contributed by atoms with E-state index < -0.39 is 0 Å². The van der Waals surface area contributed by atoms with Crippen LogP contribution in [-0.2, 0) is 21.1 Å². The van der Waals surface area contributed by atoms with E-state index in [4.69, 9.17) is 0 Å². The molecule has 0 radical (unpaired) electrons. The smallest absolute Gasteiger partial charge is 0.212 e. The highest BCUT2D eigenvalue weighted by molar-refractivity contribution is 5.78. The Morgan fingerprint density at radius 3 is 1.44 bits per heavy atom. The van der Waals surface area contributed by atoms with Gasteiger partial charge < -0.3 is 4.57 Å². The maximum atomic E-state index is 2.23. The van der Waals surface area contributed by atoms with Crippen LogP contribution < -0.4 is 9.13 Å². The van der Waals surface area contributed by atoms with Crippen molar-refractivity contribution < 1.29 is 9.13 Å². The van der Waals surface area contributed by atoms with Gasteiger partial charge in [-0.25, -0.2) is 0 Å². The summed E-state index contributed by atoms with van der Waals surface area (Å²) in [5.41, 5.74) is 7.14. The molecule has 32 heavy (non-hydrogen) atoms. The number of aryl methyl sites for hydroxylation is 2. The van der Waals surface area contributed by atoms with Crippen molar-refractivity contribution in [3.63, 3.8) is 0 Å². The number of aromatic nitrogens is 3. The number of nitrogens with zero attached hydrogens (tertiary/aromatic N) is 3. The molecule has 0 saturated carbocycles. The molecule has 0 fully saturated rings. The minimum atomic E-state index is 1.17. The standard InChI is InChI=1S/C29H27N3/c1-30-24(18-20-26-14-12-22-8-4-6-10-28(22)31(26)2)16-17-25(30)19-21-27-15-13-23-9-5-7-11-29(23)32(27)3/h4-21H,1-3H3/q+2. The lowest BCUT2D eigenvalue weighted by atomic mass is 10.2. The maximum Gasteiger partial charge on any atom is 0.212 e. The molecule has 3 aromatic heterocycles. The second-order valence-corrected chi connectivity index (χ2v) is 8.16. The van der Waals surface area contributed by atoms with Crippen LogP contribution in [0.25, 0.3) is 46.1 Å². The summed E-state index contributed by atoms with van der Waals surface area (Å²) < 4.78 is 6.68. The fourth-order valence-corrected chi connectivity index (χ4v) is 4.27. The van der Waals surface area contributed by atoms with Gasteiger partial charge in [-0.1, -0.05) is 24.3 Å². The number of hydrogen-bond acceptors (Lipinski definition) is 0. The summed E-state index contributed by atoms with van der Waals surface area (Å²) in [5.74, 6) is 0. The number of benzene rings is 2. The van der Waals surface area contributed by atoms with Gasteiger partial charge in [0.05, 0.1) is 0 Å². The van der Waals surface area contributed by atoms with Gasteiger partial charge in [0.25, 0.3) is 0 Å². The van der Waals surface area contributed by atoms with Gasteiger partial charge in [-0.05, 0) is 48.6 Å². The predicted molar refractivity (Wildman–Crippen MR) is 134 cm³/mol. The molecule has 2 aromatic carbocycles. The average Bonchev–Trinajstić information content (AvgIpc) is 3.18. The Balaban J connectivity index is 1.42. The summed E-state index contributed by atoms with van der Waals surface area (Å²) in [4.78, 5) is 0. The van der Waals surface area contributed by atoms with Crippen LogP contribution in [0, 0.1) is 0 Å². The quantitative estimate of drug-likeness (QED) is 0.351. The summed E-state index contributed by atoms with van der Waals surface area (Å²) in [7, 11) is 6.34. The summed E-state index contributed by atoms with van der Waals surface area (Å²) in [6.45, 7) is 0. The predicted octanol–water partition coefficient (Wildman–Crippen LogP) is 5.32. The Hall–Kier alpha value is -3.98. The minimum Gasteiger partial charge on any atom is -0.345 e. The molecule has 0 unspecified atom stereocenters. The topological polar surface area (TPSA) is 12.7 Å². The van der Waals surface area contributed by atoms with Crippen molar-refractivity contribution in [2.75, 3.05) is 0 Å². The van der Waals surface area contributed by atoms with Crippen molar-refractivity contribution in [1.29, 1.82) is 0 Å². The molecular formula is C29H27N3+2. The summed E-state index contributed by atoms with van der Waals surface area (Å²) >= 11 is 0. The van der Waals surface area contributed by atoms with Crippen LogP contribution >= 0.6 is 0 Å². The molecule has 156 valence electrons. The van der Waals surface area contributed by atoms with Crippen LogP contribution in [0.4, 0.5) is 0 Å². The second kappa shape index (κ2) is 8.27. The molecule has 5 aromatic rings. The van der Waals surface area contributed by atoms with Crippen LogP contribution in [0.3, 0.4) is 0 Å². The summed E-state index contributed by atoms with van der Waals surface area (Å²) in [6.07, 6.45) is 8.71. The normalized spacial score (nSPS) is 12.0. The molecule has 5 rings (SSSR count). The van der Waals surface area contributed by atoms with Crippen molar-refractivity contribution in [2.24, 2.45) is 21.1 Å². The van der Waals surface area contributed by atoms with E-state index in [0.717, 1.165) is 0 Å². The first-order valence-corrected chi connectivity index (χ1v) is 10.9. The second-order valence-electron chi connectivity index (χ2n) is 8.16. The van der Waals surface area contributed by atoms with Gasteiger partial charge in [-0.3, -0.25) is 0 Å². The SMILES string of the molecule is Cn1c(/C=C/c2ccc3ccccc3[n+]2C)ccc1/C=C/c1ccc2ccccc2[n+]1C. The molecule has 3 heterocycles. The van der Waals surface area contributed by atoms with Crippen molar-refractivity contribution >= 4 is 46.1 Å². The molecule has 0 aliphatic heterocycles. The van der Waals surface area contributed by atoms with E-state index in [1.807, 2.05) is 0 Å². The van der Waals surface area contributed by atoms with Gasteiger partial charge in [0.2, 0.25) is 22.4 Å². The number of para-hydroxylation sites is 2. The molecule has 3 nitrogen and oxygen atoms in total. The molecule has 3 heteroatoms. The lowest BCUT2D eigenvalue weighted by molar-refractivity contribution is -0.646. The molecular weight excluding hydrogens is 390 g/mol. The number of hydrogen-bond donors (Lipinski definition) is 0. The fourth-order valence-electron chi connectivity index (χ4n) is 4.27. The third kappa shape index (κ3) is 3.63. The monoisotopic (exact) mass is 417 g/mol. The first-order chi connectivity index (χ1) is 15.6. The zero-order valence-electron chi connectivity index (χ0n) is 18.7. The molecule has 0 aliphatic rings. The van der Waals surface area contributed by atoms with Crippen LogP contribution in [0.2, 0.25) is 0 Å². The number of fused-ring (bicyclic) bond motifs is 2. The molecule has 0 amide bonds. The van der Waals surface area contributed by atoms with E-state index in [9.17, 15) is 0 Å². The highest BCUT2D eigenvalue weighted by Gasteiger charge is 2.10. The van der Waals surface area contributed by atoms with Crippen molar-refractivity contribution in [2.45, 2.75) is 0 Å². The molecule has 0 aliphatic carbocycles. The third-order valence-corrected chi connectivity index (χ3v) is 6.29. The number of rotatable bonds is 4. The fraction of sp³-hybridized carbons (Fsp3) is 0.103. The lowest BCUT2D eigenvalue weighted by Crippen LogP contribution is -2.32. The highest BCUT2D eigenvalue weighted by atomic mass is 15.0. The van der Waals surface area contributed by atoms with Crippen molar-refractivity contribution in [1.82, 2.24) is 4.57 Å². The van der Waals surface area contributed by atoms with E-state index in [0.29, 0.717) is 0 Å². The largest absolute Gasteiger partial charge is 0.345 e. The molecule has 0 saturated heterocycles. The summed E-state index contributed by atoms with van der Waals surface area (Å²) in [6, 6.07) is 30.0. The Kier molecular flexibility index (Phi) is 5.16. The van der Waals surface area contributed by atoms with E-state index in [1.165, 1.54) is 44.6 Å². The Bertz CT molecular complexity index is 1390. The Morgan fingerprint density at radius 2 is 0.969 bits per heavy atom. The number of pyridine rings is 2. The van der Waals surface area contributed by atoms with Gasteiger partial charge in [0.1, 0.15) is 14.1 Å². The molecule has 0 atom stereocenters. The maximum absolute atomic E-state index is 2.23. The zero-order valence-corrected chi connectivity index (χ0v) is 18.7. The first-order valence-electron chi connectivity index (χ1n) is 10.9. The van der Waals surface area contributed by atoms with Crippen LogP contribution in [-0.4, -0.2) is 4.57 Å². The first kappa shape index (κ1) is 20.0. The molecule has 0 N–H and O–H groups in total. The van der Waals surface area contributed by atoms with Gasteiger partial charge in [-0.15, -0.1) is 0 Å². The van der Waals surface area contributed by atoms with Crippen molar-refractivity contribution in [3.05, 3.63) is 108 Å². The van der Waals surface area contributed by atoms with E-state index in [2.05, 4.69) is 144 Å². The van der Waals surface area contributed by atoms with Gasteiger partial charge >= 0.3 is 0 Å². The van der Waals surface area contributed by atoms with Crippen LogP contribution in [0.5, 0.6) is 0 Å². The lowest BCUT2D eigenvalue weighted by Gasteiger charge is -2.02. The average molecular weight is 418 g/mol.